The van der Waals surface area contributed by atoms with Crippen LogP contribution in [0.1, 0.15) is 33.3 Å². The van der Waals surface area contributed by atoms with Crippen molar-refractivity contribution in [3.05, 3.63) is 59.3 Å². The average molecular weight is 564 g/mol. The zero-order valence-corrected chi connectivity index (χ0v) is 22.9. The smallest absolute Gasteiger partial charge is 0.353 e. The first-order chi connectivity index (χ1) is 19.3. The molecule has 12 heteroatoms. The highest BCUT2D eigenvalue weighted by Crippen LogP contribution is 2.50. The first-order valence-corrected chi connectivity index (χ1v) is 12.9. The summed E-state index contributed by atoms with van der Waals surface area (Å²) >= 11 is 1.09. The second kappa shape index (κ2) is 10.7. The molecule has 0 radical (unpaired) electrons. The van der Waals surface area contributed by atoms with Gasteiger partial charge >= 0.3 is 11.9 Å². The van der Waals surface area contributed by atoms with E-state index < -0.39 is 11.9 Å². The standard InChI is InChI=1S/C28H25N3O8S/c1-5-39-25-21(37-3)12-20-23(26(25)38-4)22(16-8-7-15(36-2)11-17(16)27(32)33)24(28(34)35)31(20)13-14-6-9-18-19(10-14)30-40-29-18/h6-12H,5,13H2,1-4H3,(H,32,33)(H,34,35). The number of aromatic nitrogens is 3. The molecule has 0 spiro atoms. The van der Waals surface area contributed by atoms with Crippen LogP contribution >= 0.6 is 11.7 Å². The van der Waals surface area contributed by atoms with E-state index in [2.05, 4.69) is 8.75 Å². The topological polar surface area (TPSA) is 142 Å². The zero-order valence-electron chi connectivity index (χ0n) is 22.0. The minimum absolute atomic E-state index is 0.129. The molecule has 0 amide bonds. The molecule has 2 heterocycles. The summed E-state index contributed by atoms with van der Waals surface area (Å²) in [6.07, 6.45) is 0. The predicted octanol–water partition coefficient (Wildman–Crippen LogP) is 5.18. The van der Waals surface area contributed by atoms with Gasteiger partial charge in [0.2, 0.25) is 5.75 Å². The van der Waals surface area contributed by atoms with E-state index in [4.69, 9.17) is 18.9 Å². The zero-order chi connectivity index (χ0) is 28.6. The maximum atomic E-state index is 13.0. The van der Waals surface area contributed by atoms with E-state index in [9.17, 15) is 19.8 Å². The van der Waals surface area contributed by atoms with Crippen LogP contribution in [0.15, 0.2) is 42.5 Å². The van der Waals surface area contributed by atoms with Crippen LogP contribution in [0.4, 0.5) is 0 Å². The summed E-state index contributed by atoms with van der Waals surface area (Å²) in [5, 5.41) is 21.1. The van der Waals surface area contributed by atoms with Crippen molar-refractivity contribution in [1.82, 2.24) is 13.3 Å². The Kier molecular flexibility index (Phi) is 7.18. The van der Waals surface area contributed by atoms with Gasteiger partial charge in [-0.3, -0.25) is 0 Å². The third-order valence-corrected chi connectivity index (χ3v) is 7.09. The molecule has 0 saturated heterocycles. The highest BCUT2D eigenvalue weighted by Gasteiger charge is 2.32. The molecule has 40 heavy (non-hydrogen) atoms. The molecular weight excluding hydrogens is 538 g/mol. The van der Waals surface area contributed by atoms with Crippen molar-refractivity contribution in [3.63, 3.8) is 0 Å². The van der Waals surface area contributed by atoms with E-state index in [1.54, 1.807) is 23.6 Å². The van der Waals surface area contributed by atoms with Gasteiger partial charge in [0, 0.05) is 18.2 Å². The number of fused-ring (bicyclic) bond motifs is 2. The third kappa shape index (κ3) is 4.41. The van der Waals surface area contributed by atoms with Gasteiger partial charge in [-0.15, -0.1) is 0 Å². The number of methoxy groups -OCH3 is 3. The number of hydrogen-bond donors (Lipinski definition) is 2. The SMILES string of the molecule is CCOc1c(OC)cc2c(c1OC)c(-c1ccc(OC)cc1C(=O)O)c(C(=O)O)n2Cc1ccc2nsnc2c1. The molecule has 206 valence electrons. The maximum absolute atomic E-state index is 13.0. The Labute approximate surface area is 232 Å². The summed E-state index contributed by atoms with van der Waals surface area (Å²) in [5.41, 5.74) is 2.73. The van der Waals surface area contributed by atoms with Gasteiger partial charge in [0.05, 0.1) is 56.1 Å². The Bertz CT molecular complexity index is 1780. The Balaban J connectivity index is 1.93. The number of carboxylic acids is 2. The summed E-state index contributed by atoms with van der Waals surface area (Å²) in [7, 11) is 4.34. The van der Waals surface area contributed by atoms with Crippen molar-refractivity contribution in [1.29, 1.82) is 0 Å². The van der Waals surface area contributed by atoms with Crippen LogP contribution in [-0.2, 0) is 6.54 Å². The van der Waals surface area contributed by atoms with Crippen LogP contribution < -0.4 is 18.9 Å². The minimum Gasteiger partial charge on any atom is -0.497 e. The monoisotopic (exact) mass is 563 g/mol. The van der Waals surface area contributed by atoms with E-state index in [0.717, 1.165) is 22.8 Å². The summed E-state index contributed by atoms with van der Waals surface area (Å²) in [6, 6.07) is 11.7. The first-order valence-electron chi connectivity index (χ1n) is 12.1. The molecule has 3 aromatic carbocycles. The van der Waals surface area contributed by atoms with Crippen molar-refractivity contribution in [3.8, 4) is 34.1 Å². The van der Waals surface area contributed by atoms with E-state index in [1.165, 1.54) is 33.5 Å². The summed E-state index contributed by atoms with van der Waals surface area (Å²) in [4.78, 5) is 25.4. The molecular formula is C28H25N3O8S. The largest absolute Gasteiger partial charge is 0.497 e. The predicted molar refractivity (Wildman–Crippen MR) is 149 cm³/mol. The molecule has 5 rings (SSSR count). The number of nitrogens with zero attached hydrogens (tertiary/aromatic N) is 3. The number of ether oxygens (including phenoxy) is 4. The van der Waals surface area contributed by atoms with Crippen LogP contribution in [0, 0.1) is 0 Å². The summed E-state index contributed by atoms with van der Waals surface area (Å²) in [6.45, 7) is 2.21. The van der Waals surface area contributed by atoms with Gasteiger partial charge in [-0.05, 0) is 48.4 Å². The molecule has 11 nitrogen and oxygen atoms in total. The second-order valence-electron chi connectivity index (χ2n) is 8.69. The van der Waals surface area contributed by atoms with Crippen molar-refractivity contribution < 1.29 is 38.7 Å². The Morgan fingerprint density at radius 1 is 0.900 bits per heavy atom. The normalized spacial score (nSPS) is 11.1. The fraction of sp³-hybridized carbons (Fsp3) is 0.214. The lowest BCUT2D eigenvalue weighted by Gasteiger charge is -2.16. The lowest BCUT2D eigenvalue weighted by Crippen LogP contribution is -2.11. The lowest BCUT2D eigenvalue weighted by molar-refractivity contribution is 0.0678. The molecule has 0 aliphatic rings. The summed E-state index contributed by atoms with van der Waals surface area (Å²) in [5.74, 6) is -1.36. The van der Waals surface area contributed by atoms with Crippen LogP contribution in [0.3, 0.4) is 0 Å². The van der Waals surface area contributed by atoms with Gasteiger partial charge < -0.3 is 33.7 Å². The molecule has 0 saturated carbocycles. The Morgan fingerprint density at radius 2 is 1.68 bits per heavy atom. The molecule has 5 aromatic rings. The highest BCUT2D eigenvalue weighted by molar-refractivity contribution is 7.00. The van der Waals surface area contributed by atoms with E-state index in [1.807, 2.05) is 18.2 Å². The van der Waals surface area contributed by atoms with Crippen LogP contribution in [0.25, 0.3) is 33.1 Å². The number of carboxylic acid groups (broad SMARTS) is 2. The highest BCUT2D eigenvalue weighted by atomic mass is 32.1. The van der Waals surface area contributed by atoms with Gasteiger partial charge in [-0.25, -0.2) is 9.59 Å². The second-order valence-corrected chi connectivity index (χ2v) is 9.22. The number of rotatable bonds is 10. The number of aromatic carboxylic acids is 2. The van der Waals surface area contributed by atoms with Crippen molar-refractivity contribution in [2.24, 2.45) is 0 Å². The molecule has 0 bridgehead atoms. The fourth-order valence-electron chi connectivity index (χ4n) is 4.86. The molecule has 0 aliphatic heterocycles. The van der Waals surface area contributed by atoms with Gasteiger partial charge in [0.1, 0.15) is 22.5 Å². The van der Waals surface area contributed by atoms with E-state index >= 15 is 0 Å². The molecule has 0 aliphatic carbocycles. The minimum atomic E-state index is -1.26. The van der Waals surface area contributed by atoms with Crippen molar-refractivity contribution in [2.45, 2.75) is 13.5 Å². The van der Waals surface area contributed by atoms with Crippen molar-refractivity contribution in [2.75, 3.05) is 27.9 Å². The maximum Gasteiger partial charge on any atom is 0.353 e. The van der Waals surface area contributed by atoms with Crippen LogP contribution in [-0.4, -0.2) is 63.4 Å². The average Bonchev–Trinajstić information content (AvgIpc) is 3.54. The van der Waals surface area contributed by atoms with Gasteiger partial charge in [0.15, 0.2) is 11.5 Å². The quantitative estimate of drug-likeness (QED) is 0.233. The molecule has 2 aromatic heterocycles. The fourth-order valence-corrected chi connectivity index (χ4v) is 5.38. The van der Waals surface area contributed by atoms with Crippen LogP contribution in [0.5, 0.6) is 23.0 Å². The van der Waals surface area contributed by atoms with Gasteiger partial charge in [-0.2, -0.15) is 8.75 Å². The molecule has 0 fully saturated rings. The number of hydrogen-bond acceptors (Lipinski definition) is 9. The molecule has 0 atom stereocenters. The molecule has 0 unspecified atom stereocenters. The number of benzene rings is 3. The van der Waals surface area contributed by atoms with Crippen molar-refractivity contribution >= 4 is 45.6 Å². The van der Waals surface area contributed by atoms with Crippen LogP contribution in [0.2, 0.25) is 0 Å². The lowest BCUT2D eigenvalue weighted by atomic mass is 9.95. The third-order valence-electron chi connectivity index (χ3n) is 6.53. The van der Waals surface area contributed by atoms with E-state index in [0.29, 0.717) is 27.9 Å². The van der Waals surface area contributed by atoms with E-state index in [-0.39, 0.29) is 47.0 Å². The Hall–Kier alpha value is -4.84. The van der Waals surface area contributed by atoms with Gasteiger partial charge in [0.25, 0.3) is 0 Å². The van der Waals surface area contributed by atoms with Gasteiger partial charge in [-0.1, -0.05) is 6.07 Å². The summed E-state index contributed by atoms with van der Waals surface area (Å²) < 4.78 is 32.7. The first kappa shape index (κ1) is 26.8. The number of carbonyl (C=O) groups is 2. The molecule has 2 N–H and O–H groups in total. The Morgan fingerprint density at radius 3 is 2.33 bits per heavy atom.